The first-order valence-electron chi connectivity index (χ1n) is 13.3. The van der Waals surface area contributed by atoms with Gasteiger partial charge in [-0.25, -0.2) is 14.8 Å². The zero-order valence-corrected chi connectivity index (χ0v) is 21.7. The van der Waals surface area contributed by atoms with E-state index in [1.165, 1.54) is 12.8 Å². The average molecular weight is 499 g/mol. The highest BCUT2D eigenvalue weighted by atomic mass is 16.5. The van der Waals surface area contributed by atoms with Crippen molar-refractivity contribution in [3.8, 4) is 23.1 Å². The Morgan fingerprint density at radius 1 is 1.19 bits per heavy atom. The summed E-state index contributed by atoms with van der Waals surface area (Å²) >= 11 is 0. The van der Waals surface area contributed by atoms with Gasteiger partial charge in [-0.3, -0.25) is 0 Å². The minimum atomic E-state index is 0.123. The molecule has 192 valence electrons. The van der Waals surface area contributed by atoms with E-state index in [-0.39, 0.29) is 5.82 Å². The van der Waals surface area contributed by atoms with Crippen molar-refractivity contribution in [3.63, 3.8) is 0 Å². The van der Waals surface area contributed by atoms with Gasteiger partial charge >= 0.3 is 0 Å². The van der Waals surface area contributed by atoms with Gasteiger partial charge in [0.25, 0.3) is 0 Å². The third-order valence-corrected chi connectivity index (χ3v) is 7.71. The first kappa shape index (κ1) is 25.2. The summed E-state index contributed by atoms with van der Waals surface area (Å²) in [5, 5.41) is 10.5. The lowest BCUT2D eigenvalue weighted by Crippen LogP contribution is -2.38. The second-order valence-electron chi connectivity index (χ2n) is 10.4. The van der Waals surface area contributed by atoms with E-state index >= 15 is 0 Å². The Balaban J connectivity index is 1.32. The largest absolute Gasteiger partial charge is 0.505 e. The molecule has 0 spiro atoms. The van der Waals surface area contributed by atoms with Crippen molar-refractivity contribution >= 4 is 16.7 Å². The van der Waals surface area contributed by atoms with Gasteiger partial charge in [0.05, 0.1) is 25.5 Å². The molecule has 0 amide bonds. The molecule has 0 bridgehead atoms. The second kappa shape index (κ2) is 11.3. The topological polar surface area (TPSA) is 80.6 Å². The predicted octanol–water partition coefficient (Wildman–Crippen LogP) is 5.45. The van der Waals surface area contributed by atoms with Crippen LogP contribution in [0.15, 0.2) is 30.5 Å². The van der Waals surface area contributed by atoms with E-state index in [0.29, 0.717) is 41.6 Å². The van der Waals surface area contributed by atoms with Gasteiger partial charge in [-0.05, 0) is 82.3 Å². The molecule has 2 aliphatic rings. The van der Waals surface area contributed by atoms with Crippen LogP contribution >= 0.6 is 0 Å². The van der Waals surface area contributed by atoms with Gasteiger partial charge in [0, 0.05) is 36.7 Å². The third kappa shape index (κ3) is 5.61. The molecule has 5 rings (SSSR count). The van der Waals surface area contributed by atoms with Crippen molar-refractivity contribution < 1.29 is 9.47 Å². The summed E-state index contributed by atoms with van der Waals surface area (Å²) in [6.45, 7) is 17.5. The number of hydrogen-bond acceptors (Lipinski definition) is 6. The third-order valence-electron chi connectivity index (χ3n) is 7.71. The summed E-state index contributed by atoms with van der Waals surface area (Å²) in [4.78, 5) is 15.3. The van der Waals surface area contributed by atoms with Crippen LogP contribution < -0.4 is 4.74 Å². The molecule has 2 aromatic heterocycles. The fourth-order valence-electron chi connectivity index (χ4n) is 5.46. The molecule has 0 N–H and O–H groups in total. The number of ether oxygens (including phenoxy) is 2. The van der Waals surface area contributed by atoms with E-state index in [1.807, 2.05) is 30.5 Å². The lowest BCUT2D eigenvalue weighted by Gasteiger charge is -2.34. The maximum atomic E-state index is 9.60. The van der Waals surface area contributed by atoms with Crippen molar-refractivity contribution in [1.82, 2.24) is 19.4 Å². The smallest absolute Gasteiger partial charge is 0.234 e. The molecule has 1 aromatic carbocycles. The van der Waals surface area contributed by atoms with E-state index < -0.39 is 0 Å². The molecule has 1 unspecified atom stereocenters. The zero-order valence-electron chi connectivity index (χ0n) is 21.7. The number of nitrogens with zero attached hydrogens (tertiary/aromatic N) is 6. The van der Waals surface area contributed by atoms with Crippen LogP contribution in [-0.2, 0) is 11.3 Å². The number of rotatable bonds is 8. The highest BCUT2D eigenvalue weighted by molar-refractivity contribution is 5.92. The molecule has 2 saturated heterocycles. The van der Waals surface area contributed by atoms with Gasteiger partial charge in [-0.1, -0.05) is 6.07 Å². The molecular weight excluding hydrogens is 464 g/mol. The normalized spacial score (nSPS) is 18.8. The van der Waals surface area contributed by atoms with Gasteiger partial charge in [-0.2, -0.15) is 5.26 Å². The number of fused-ring (bicyclic) bond motifs is 1. The Labute approximate surface area is 218 Å². The molecule has 2 aliphatic heterocycles. The van der Waals surface area contributed by atoms with Crippen molar-refractivity contribution in [2.75, 3.05) is 32.9 Å². The quantitative estimate of drug-likeness (QED) is 0.385. The molecule has 1 atom stereocenters. The fraction of sp³-hybridized carbons (Fsp3) is 0.517. The SMILES string of the molecule is [C-]#[N+]c1cc(-c2nc(C#N)nc3c2ccn3CC2CCOC2)ccc1OCCC1CCN(C(C)C)CC1. The average Bonchev–Trinajstić information content (AvgIpc) is 3.59. The number of benzene rings is 1. The Hall–Kier alpha value is -3.46. The lowest BCUT2D eigenvalue weighted by atomic mass is 9.93. The first-order valence-corrected chi connectivity index (χ1v) is 13.3. The Morgan fingerprint density at radius 3 is 2.73 bits per heavy atom. The zero-order chi connectivity index (χ0) is 25.8. The van der Waals surface area contributed by atoms with E-state index in [1.54, 1.807) is 0 Å². The van der Waals surface area contributed by atoms with Gasteiger partial charge in [0.15, 0.2) is 0 Å². The summed E-state index contributed by atoms with van der Waals surface area (Å²) in [5.41, 5.74) is 2.64. The standard InChI is InChI=1S/C29H34N6O2/c1-20(2)34-11-6-21(7-12-34)10-15-37-26-5-4-23(16-25(26)31-3)28-24-8-13-35(18-22-9-14-36-19-22)29(24)33-27(17-30)32-28/h4-5,8,13,16,20-22H,6-7,9-12,14-15,18-19H2,1-2H3. The van der Waals surface area contributed by atoms with E-state index in [9.17, 15) is 5.26 Å². The molecule has 0 saturated carbocycles. The summed E-state index contributed by atoms with van der Waals surface area (Å²) in [6, 6.07) is 10.3. The number of aromatic nitrogens is 3. The molecule has 0 aliphatic carbocycles. The molecule has 4 heterocycles. The van der Waals surface area contributed by atoms with Crippen LogP contribution in [0, 0.1) is 29.7 Å². The number of piperidine rings is 1. The maximum absolute atomic E-state index is 9.60. The number of nitriles is 1. The molecule has 0 radical (unpaired) electrons. The van der Waals surface area contributed by atoms with Gasteiger partial charge < -0.3 is 18.9 Å². The summed E-state index contributed by atoms with van der Waals surface area (Å²) in [6.07, 6.45) is 6.43. The fourth-order valence-corrected chi connectivity index (χ4v) is 5.46. The molecule has 8 nitrogen and oxygen atoms in total. The highest BCUT2D eigenvalue weighted by Gasteiger charge is 2.22. The van der Waals surface area contributed by atoms with Crippen molar-refractivity contribution in [1.29, 1.82) is 5.26 Å². The summed E-state index contributed by atoms with van der Waals surface area (Å²) in [5.74, 6) is 1.83. The van der Waals surface area contributed by atoms with E-state index in [2.05, 4.69) is 44.2 Å². The van der Waals surface area contributed by atoms with Crippen LogP contribution in [0.25, 0.3) is 27.1 Å². The Morgan fingerprint density at radius 2 is 2.03 bits per heavy atom. The minimum absolute atomic E-state index is 0.123. The minimum Gasteiger partial charge on any atom is -0.505 e. The number of likely N-dealkylation sites (tertiary alicyclic amines) is 1. The van der Waals surface area contributed by atoms with Crippen LogP contribution in [0.1, 0.15) is 45.4 Å². The second-order valence-corrected chi connectivity index (χ2v) is 10.4. The Kier molecular flexibility index (Phi) is 7.69. The van der Waals surface area contributed by atoms with Crippen LogP contribution in [0.4, 0.5) is 5.69 Å². The van der Waals surface area contributed by atoms with E-state index in [0.717, 1.165) is 62.3 Å². The van der Waals surface area contributed by atoms with Crippen LogP contribution in [0.3, 0.4) is 0 Å². The lowest BCUT2D eigenvalue weighted by molar-refractivity contribution is 0.136. The van der Waals surface area contributed by atoms with Crippen molar-refractivity contribution in [2.24, 2.45) is 11.8 Å². The summed E-state index contributed by atoms with van der Waals surface area (Å²) < 4.78 is 13.7. The maximum Gasteiger partial charge on any atom is 0.234 e. The molecule has 37 heavy (non-hydrogen) atoms. The van der Waals surface area contributed by atoms with Gasteiger partial charge in [0.1, 0.15) is 17.5 Å². The molecule has 8 heteroatoms. The molecule has 3 aromatic rings. The Bertz CT molecular complexity index is 1320. The van der Waals surface area contributed by atoms with Crippen LogP contribution in [-0.4, -0.2) is 58.4 Å². The van der Waals surface area contributed by atoms with Crippen molar-refractivity contribution in [3.05, 3.63) is 47.7 Å². The van der Waals surface area contributed by atoms with Crippen molar-refractivity contribution in [2.45, 2.75) is 52.1 Å². The molecular formula is C29H34N6O2. The molecule has 2 fully saturated rings. The highest BCUT2D eigenvalue weighted by Crippen LogP contribution is 2.36. The van der Waals surface area contributed by atoms with Crippen LogP contribution in [0.5, 0.6) is 5.75 Å². The summed E-state index contributed by atoms with van der Waals surface area (Å²) in [7, 11) is 0. The monoisotopic (exact) mass is 498 g/mol. The van der Waals surface area contributed by atoms with Crippen LogP contribution in [0.2, 0.25) is 0 Å². The van der Waals surface area contributed by atoms with E-state index in [4.69, 9.17) is 16.0 Å². The first-order chi connectivity index (χ1) is 18.1. The predicted molar refractivity (Wildman–Crippen MR) is 142 cm³/mol. The van der Waals surface area contributed by atoms with Gasteiger partial charge in [0.2, 0.25) is 11.5 Å². The van der Waals surface area contributed by atoms with Gasteiger partial charge in [-0.15, -0.1) is 0 Å². The number of hydrogen-bond donors (Lipinski definition) is 0.